The lowest BCUT2D eigenvalue weighted by molar-refractivity contribution is 0.0943. The molecule has 1 aliphatic rings. The summed E-state index contributed by atoms with van der Waals surface area (Å²) in [6, 6.07) is 10.9. The van der Waals surface area contributed by atoms with Crippen LogP contribution in [0.3, 0.4) is 0 Å². The van der Waals surface area contributed by atoms with E-state index in [4.69, 9.17) is 0 Å². The van der Waals surface area contributed by atoms with Gasteiger partial charge in [-0.15, -0.1) is 0 Å². The molecule has 2 aromatic carbocycles. The molecule has 1 fully saturated rings. The number of rotatable bonds is 6. The summed E-state index contributed by atoms with van der Waals surface area (Å²) in [7, 11) is -3.87. The molecule has 144 valence electrons. The first-order valence-electron chi connectivity index (χ1n) is 9.11. The maximum absolute atomic E-state index is 13.0. The lowest BCUT2D eigenvalue weighted by Gasteiger charge is -2.21. The third-order valence-corrected chi connectivity index (χ3v) is 6.16. The zero-order valence-electron chi connectivity index (χ0n) is 14.9. The lowest BCUT2D eigenvalue weighted by Crippen LogP contribution is -2.30. The van der Waals surface area contributed by atoms with Crippen molar-refractivity contribution in [3.8, 4) is 0 Å². The van der Waals surface area contributed by atoms with Crippen LogP contribution in [0.4, 0.5) is 10.1 Å². The smallest absolute Gasteiger partial charge is 0.261 e. The fraction of sp³-hybridized carbons (Fsp3) is 0.350. The zero-order chi connectivity index (χ0) is 19.3. The quantitative estimate of drug-likeness (QED) is 0.785. The molecule has 0 heterocycles. The monoisotopic (exact) mass is 390 g/mol. The van der Waals surface area contributed by atoms with Crippen molar-refractivity contribution < 1.29 is 17.6 Å². The van der Waals surface area contributed by atoms with Gasteiger partial charge in [0.2, 0.25) is 0 Å². The van der Waals surface area contributed by atoms with E-state index >= 15 is 0 Å². The lowest BCUT2D eigenvalue weighted by atomic mass is 9.89. The third kappa shape index (κ3) is 5.29. The highest BCUT2D eigenvalue weighted by Gasteiger charge is 2.18. The molecule has 27 heavy (non-hydrogen) atoms. The van der Waals surface area contributed by atoms with Gasteiger partial charge in [-0.1, -0.05) is 25.3 Å². The van der Waals surface area contributed by atoms with Crippen molar-refractivity contribution in [1.82, 2.24) is 5.32 Å². The van der Waals surface area contributed by atoms with Gasteiger partial charge in [0.05, 0.1) is 4.90 Å². The first-order chi connectivity index (χ1) is 12.9. The third-order valence-electron chi connectivity index (χ3n) is 4.78. The maximum atomic E-state index is 13.0. The predicted octanol–water partition coefficient (Wildman–Crippen LogP) is 3.94. The first kappa shape index (κ1) is 19.4. The Balaban J connectivity index is 1.68. The van der Waals surface area contributed by atoms with Crippen LogP contribution >= 0.6 is 0 Å². The zero-order valence-corrected chi connectivity index (χ0v) is 15.8. The van der Waals surface area contributed by atoms with Crippen molar-refractivity contribution in [2.75, 3.05) is 11.3 Å². The van der Waals surface area contributed by atoms with Crippen molar-refractivity contribution >= 4 is 21.6 Å². The number of nitrogens with one attached hydrogen (secondary N) is 2. The summed E-state index contributed by atoms with van der Waals surface area (Å²) >= 11 is 0. The van der Waals surface area contributed by atoms with Crippen LogP contribution < -0.4 is 10.0 Å². The summed E-state index contributed by atoms with van der Waals surface area (Å²) in [5.41, 5.74) is 0.552. The van der Waals surface area contributed by atoms with E-state index in [0.29, 0.717) is 18.0 Å². The topological polar surface area (TPSA) is 75.3 Å². The van der Waals surface area contributed by atoms with E-state index < -0.39 is 15.8 Å². The normalized spacial score (nSPS) is 15.3. The van der Waals surface area contributed by atoms with Gasteiger partial charge in [0.25, 0.3) is 15.9 Å². The van der Waals surface area contributed by atoms with E-state index in [1.807, 2.05) is 0 Å². The number of hydrogen-bond donors (Lipinski definition) is 2. The molecular weight excluding hydrogens is 367 g/mol. The van der Waals surface area contributed by atoms with E-state index in [2.05, 4.69) is 10.0 Å². The molecule has 0 saturated heterocycles. The average molecular weight is 390 g/mol. The van der Waals surface area contributed by atoms with Crippen LogP contribution in [0.25, 0.3) is 0 Å². The van der Waals surface area contributed by atoms with Crippen molar-refractivity contribution in [1.29, 1.82) is 0 Å². The Hall–Kier alpha value is -2.41. The second kappa shape index (κ2) is 8.52. The minimum atomic E-state index is -3.87. The molecule has 0 bridgehead atoms. The fourth-order valence-electron chi connectivity index (χ4n) is 3.27. The number of anilines is 1. The number of carbonyl (C=O) groups is 1. The molecule has 3 rings (SSSR count). The molecule has 7 heteroatoms. The van der Waals surface area contributed by atoms with E-state index in [1.165, 1.54) is 61.7 Å². The molecule has 0 radical (unpaired) electrons. The number of benzene rings is 2. The molecular formula is C20H23FN2O3S. The molecule has 0 atom stereocenters. The van der Waals surface area contributed by atoms with Gasteiger partial charge < -0.3 is 5.32 Å². The second-order valence-electron chi connectivity index (χ2n) is 6.85. The van der Waals surface area contributed by atoms with Gasteiger partial charge in [0, 0.05) is 17.8 Å². The number of hydrogen-bond acceptors (Lipinski definition) is 3. The first-order valence-corrected chi connectivity index (χ1v) is 10.6. The van der Waals surface area contributed by atoms with Crippen molar-refractivity contribution in [3.63, 3.8) is 0 Å². The molecule has 2 N–H and O–H groups in total. The fourth-order valence-corrected chi connectivity index (χ4v) is 4.37. The van der Waals surface area contributed by atoms with Gasteiger partial charge in [0.1, 0.15) is 5.82 Å². The number of sulfonamides is 1. The Morgan fingerprint density at radius 1 is 1.04 bits per heavy atom. The molecule has 1 amide bonds. The largest absolute Gasteiger partial charge is 0.352 e. The van der Waals surface area contributed by atoms with Gasteiger partial charge in [-0.3, -0.25) is 9.52 Å². The van der Waals surface area contributed by atoms with Crippen LogP contribution in [0, 0.1) is 11.7 Å². The number of halogens is 1. The van der Waals surface area contributed by atoms with Crippen LogP contribution in [0.2, 0.25) is 0 Å². The standard InChI is InChI=1S/C20H23FN2O3S/c21-17-9-11-18(12-10-17)23-27(25,26)19-8-4-7-16(13-19)20(24)22-14-15-5-2-1-3-6-15/h4,7-13,15,23H,1-3,5-6,14H2,(H,22,24). The highest BCUT2D eigenvalue weighted by atomic mass is 32.2. The van der Waals surface area contributed by atoms with E-state index in [9.17, 15) is 17.6 Å². The molecule has 1 saturated carbocycles. The average Bonchev–Trinajstić information content (AvgIpc) is 2.68. The Morgan fingerprint density at radius 3 is 2.44 bits per heavy atom. The highest BCUT2D eigenvalue weighted by Crippen LogP contribution is 2.23. The van der Waals surface area contributed by atoms with E-state index in [-0.39, 0.29) is 16.5 Å². The molecule has 1 aliphatic carbocycles. The molecule has 0 aliphatic heterocycles. The van der Waals surface area contributed by atoms with Crippen LogP contribution in [-0.4, -0.2) is 20.9 Å². The van der Waals surface area contributed by atoms with Gasteiger partial charge in [-0.05, 0) is 61.2 Å². The Kier molecular flexibility index (Phi) is 6.11. The van der Waals surface area contributed by atoms with Crippen LogP contribution in [0.1, 0.15) is 42.5 Å². The Morgan fingerprint density at radius 2 is 1.74 bits per heavy atom. The Bertz CT molecular complexity index is 892. The van der Waals surface area contributed by atoms with Gasteiger partial charge in [-0.2, -0.15) is 0 Å². The molecule has 0 unspecified atom stereocenters. The summed E-state index contributed by atoms with van der Waals surface area (Å²) in [5, 5.41) is 2.91. The Labute approximate surface area is 159 Å². The predicted molar refractivity (Wildman–Crippen MR) is 103 cm³/mol. The summed E-state index contributed by atoms with van der Waals surface area (Å²) in [5.74, 6) is -0.233. The second-order valence-corrected chi connectivity index (χ2v) is 8.54. The highest BCUT2D eigenvalue weighted by molar-refractivity contribution is 7.92. The number of carbonyl (C=O) groups excluding carboxylic acids is 1. The van der Waals surface area contributed by atoms with Crippen LogP contribution in [-0.2, 0) is 10.0 Å². The van der Waals surface area contributed by atoms with Crippen molar-refractivity contribution in [2.45, 2.75) is 37.0 Å². The molecule has 5 nitrogen and oxygen atoms in total. The molecule has 0 aromatic heterocycles. The maximum Gasteiger partial charge on any atom is 0.261 e. The summed E-state index contributed by atoms with van der Waals surface area (Å²) in [4.78, 5) is 12.4. The summed E-state index contributed by atoms with van der Waals surface area (Å²) in [6.07, 6.45) is 5.89. The van der Waals surface area contributed by atoms with Crippen LogP contribution in [0.15, 0.2) is 53.4 Å². The summed E-state index contributed by atoms with van der Waals surface area (Å²) < 4.78 is 40.4. The van der Waals surface area contributed by atoms with Crippen LogP contribution in [0.5, 0.6) is 0 Å². The van der Waals surface area contributed by atoms with Gasteiger partial charge >= 0.3 is 0 Å². The molecule has 0 spiro atoms. The SMILES string of the molecule is O=C(NCC1CCCCC1)c1cccc(S(=O)(=O)Nc2ccc(F)cc2)c1. The van der Waals surface area contributed by atoms with E-state index in [0.717, 1.165) is 12.8 Å². The minimum absolute atomic E-state index is 0.0165. The van der Waals surface area contributed by atoms with E-state index in [1.54, 1.807) is 6.07 Å². The number of amides is 1. The van der Waals surface area contributed by atoms with Gasteiger partial charge in [-0.25, -0.2) is 12.8 Å². The minimum Gasteiger partial charge on any atom is -0.352 e. The van der Waals surface area contributed by atoms with Crippen molar-refractivity contribution in [2.24, 2.45) is 5.92 Å². The van der Waals surface area contributed by atoms with Gasteiger partial charge in [0.15, 0.2) is 0 Å². The molecule has 2 aromatic rings. The summed E-state index contributed by atoms with van der Waals surface area (Å²) in [6.45, 7) is 0.615. The van der Waals surface area contributed by atoms with Crippen molar-refractivity contribution in [3.05, 3.63) is 59.9 Å².